The number of hydrogen-bond acceptors (Lipinski definition) is 2. The number of ketones is 1. The van der Waals surface area contributed by atoms with Gasteiger partial charge in [0.15, 0.2) is 5.78 Å². The summed E-state index contributed by atoms with van der Waals surface area (Å²) in [7, 11) is 0. The maximum Gasteiger partial charge on any atom is 0.153 e. The molecule has 90 valence electrons. The summed E-state index contributed by atoms with van der Waals surface area (Å²) >= 11 is 0. The Morgan fingerprint density at radius 1 is 1.33 bits per heavy atom. The first-order chi connectivity index (χ1) is 6.32. The SMILES string of the molecule is CC1CCC(C(=O)C(N)C(C)(C)C)C1.O. The Bertz CT molecular complexity index is 220. The summed E-state index contributed by atoms with van der Waals surface area (Å²) < 4.78 is 0. The molecule has 3 unspecified atom stereocenters. The van der Waals surface area contributed by atoms with Crippen molar-refractivity contribution in [3.8, 4) is 0 Å². The van der Waals surface area contributed by atoms with Gasteiger partial charge in [0.05, 0.1) is 6.04 Å². The lowest BCUT2D eigenvalue weighted by atomic mass is 9.80. The van der Waals surface area contributed by atoms with Gasteiger partial charge in [-0.15, -0.1) is 0 Å². The van der Waals surface area contributed by atoms with E-state index in [0.29, 0.717) is 5.92 Å². The Morgan fingerprint density at radius 2 is 1.87 bits per heavy atom. The third-order valence-electron chi connectivity index (χ3n) is 3.34. The summed E-state index contributed by atoms with van der Waals surface area (Å²) in [6.45, 7) is 8.33. The van der Waals surface area contributed by atoms with Crippen LogP contribution < -0.4 is 5.73 Å². The molecule has 0 aromatic heterocycles. The zero-order valence-electron chi connectivity index (χ0n) is 10.3. The van der Waals surface area contributed by atoms with Crippen LogP contribution in [-0.2, 0) is 4.79 Å². The van der Waals surface area contributed by atoms with Gasteiger partial charge in [-0.1, -0.05) is 27.7 Å². The van der Waals surface area contributed by atoms with Crippen LogP contribution in [0.2, 0.25) is 0 Å². The molecule has 1 aliphatic carbocycles. The van der Waals surface area contributed by atoms with Crippen LogP contribution in [0.15, 0.2) is 0 Å². The molecular formula is C12H25NO2. The Morgan fingerprint density at radius 3 is 2.20 bits per heavy atom. The van der Waals surface area contributed by atoms with Crippen LogP contribution in [-0.4, -0.2) is 17.3 Å². The summed E-state index contributed by atoms with van der Waals surface area (Å²) in [5.41, 5.74) is 5.88. The molecule has 0 saturated heterocycles. The number of carbonyl (C=O) groups is 1. The maximum atomic E-state index is 12.0. The van der Waals surface area contributed by atoms with E-state index in [1.54, 1.807) is 0 Å². The molecular weight excluding hydrogens is 190 g/mol. The fourth-order valence-corrected chi connectivity index (χ4v) is 2.15. The fourth-order valence-electron chi connectivity index (χ4n) is 2.15. The van der Waals surface area contributed by atoms with Gasteiger partial charge < -0.3 is 11.2 Å². The third kappa shape index (κ3) is 3.58. The summed E-state index contributed by atoms with van der Waals surface area (Å²) in [6.07, 6.45) is 3.28. The minimum absolute atomic E-state index is 0. The van der Waals surface area contributed by atoms with E-state index in [9.17, 15) is 4.79 Å². The minimum Gasteiger partial charge on any atom is -0.412 e. The summed E-state index contributed by atoms with van der Waals surface area (Å²) in [6, 6.07) is -0.294. The van der Waals surface area contributed by atoms with Crippen molar-refractivity contribution in [1.29, 1.82) is 0 Å². The second-order valence-electron chi connectivity index (χ2n) is 5.86. The van der Waals surface area contributed by atoms with Gasteiger partial charge in [-0.2, -0.15) is 0 Å². The third-order valence-corrected chi connectivity index (χ3v) is 3.34. The second-order valence-corrected chi connectivity index (χ2v) is 5.86. The van der Waals surface area contributed by atoms with E-state index in [2.05, 4.69) is 6.92 Å². The zero-order valence-corrected chi connectivity index (χ0v) is 10.3. The van der Waals surface area contributed by atoms with E-state index in [4.69, 9.17) is 5.73 Å². The number of carbonyl (C=O) groups excluding carboxylic acids is 1. The van der Waals surface area contributed by atoms with Gasteiger partial charge >= 0.3 is 0 Å². The van der Waals surface area contributed by atoms with Gasteiger partial charge in [0.1, 0.15) is 0 Å². The summed E-state index contributed by atoms with van der Waals surface area (Å²) in [4.78, 5) is 12.0. The second kappa shape index (κ2) is 5.08. The topological polar surface area (TPSA) is 74.6 Å². The van der Waals surface area contributed by atoms with Crippen LogP contribution in [0.1, 0.15) is 47.0 Å². The van der Waals surface area contributed by atoms with E-state index in [1.807, 2.05) is 20.8 Å². The van der Waals surface area contributed by atoms with Gasteiger partial charge in [-0.3, -0.25) is 4.79 Å². The van der Waals surface area contributed by atoms with Gasteiger partial charge in [0, 0.05) is 5.92 Å². The van der Waals surface area contributed by atoms with Gasteiger partial charge in [-0.25, -0.2) is 0 Å². The van der Waals surface area contributed by atoms with Crippen molar-refractivity contribution >= 4 is 5.78 Å². The lowest BCUT2D eigenvalue weighted by Gasteiger charge is -2.27. The minimum atomic E-state index is -0.294. The highest BCUT2D eigenvalue weighted by Crippen LogP contribution is 2.33. The molecule has 0 aromatic rings. The van der Waals surface area contributed by atoms with Crippen LogP contribution in [0.4, 0.5) is 0 Å². The van der Waals surface area contributed by atoms with Crippen molar-refractivity contribution in [3.63, 3.8) is 0 Å². The van der Waals surface area contributed by atoms with Crippen molar-refractivity contribution in [1.82, 2.24) is 0 Å². The first kappa shape index (κ1) is 14.6. The molecule has 3 atom stereocenters. The molecule has 0 radical (unpaired) electrons. The molecule has 3 nitrogen and oxygen atoms in total. The maximum absolute atomic E-state index is 12.0. The highest BCUT2D eigenvalue weighted by atomic mass is 16.1. The van der Waals surface area contributed by atoms with Crippen molar-refractivity contribution in [2.75, 3.05) is 0 Å². The predicted octanol–water partition coefficient (Wildman–Crippen LogP) is 1.54. The lowest BCUT2D eigenvalue weighted by Crippen LogP contribution is -2.44. The average Bonchev–Trinajstić information content (AvgIpc) is 2.47. The Kier molecular flexibility index (Phi) is 4.94. The number of hydrogen-bond donors (Lipinski definition) is 1. The quantitative estimate of drug-likeness (QED) is 0.758. The molecule has 1 fully saturated rings. The molecule has 1 saturated carbocycles. The lowest BCUT2D eigenvalue weighted by molar-refractivity contribution is -0.126. The molecule has 0 aliphatic heterocycles. The molecule has 0 bridgehead atoms. The first-order valence-corrected chi connectivity index (χ1v) is 5.61. The molecule has 1 aliphatic rings. The van der Waals surface area contributed by atoms with Crippen LogP contribution in [0.3, 0.4) is 0 Å². The van der Waals surface area contributed by atoms with E-state index in [0.717, 1.165) is 12.8 Å². The van der Waals surface area contributed by atoms with E-state index in [-0.39, 0.29) is 28.6 Å². The van der Waals surface area contributed by atoms with E-state index < -0.39 is 0 Å². The van der Waals surface area contributed by atoms with E-state index in [1.165, 1.54) is 6.42 Å². The molecule has 0 aromatic carbocycles. The van der Waals surface area contributed by atoms with Crippen LogP contribution in [0.5, 0.6) is 0 Å². The molecule has 0 spiro atoms. The molecule has 1 rings (SSSR count). The highest BCUT2D eigenvalue weighted by molar-refractivity contribution is 5.87. The molecule has 15 heavy (non-hydrogen) atoms. The van der Waals surface area contributed by atoms with Crippen LogP contribution >= 0.6 is 0 Å². The Hall–Kier alpha value is -0.410. The number of rotatable bonds is 2. The van der Waals surface area contributed by atoms with Crippen LogP contribution in [0.25, 0.3) is 0 Å². The van der Waals surface area contributed by atoms with Crippen molar-refractivity contribution < 1.29 is 10.3 Å². The van der Waals surface area contributed by atoms with E-state index >= 15 is 0 Å². The van der Waals surface area contributed by atoms with Gasteiger partial charge in [0.25, 0.3) is 0 Å². The van der Waals surface area contributed by atoms with Gasteiger partial charge in [0.2, 0.25) is 0 Å². The van der Waals surface area contributed by atoms with Crippen LogP contribution in [0, 0.1) is 17.3 Å². The summed E-state index contributed by atoms with van der Waals surface area (Å²) in [5.74, 6) is 1.22. The average molecular weight is 215 g/mol. The molecule has 3 heteroatoms. The highest BCUT2D eigenvalue weighted by Gasteiger charge is 2.35. The standard InChI is InChI=1S/C12H23NO.H2O/c1-8-5-6-9(7-8)10(14)11(13)12(2,3)4;/h8-9,11H,5-7,13H2,1-4H3;1H2. The monoisotopic (exact) mass is 215 g/mol. The van der Waals surface area contributed by atoms with Crippen molar-refractivity contribution in [3.05, 3.63) is 0 Å². The number of nitrogens with two attached hydrogens (primary N) is 1. The molecule has 4 N–H and O–H groups in total. The smallest absolute Gasteiger partial charge is 0.153 e. The summed E-state index contributed by atoms with van der Waals surface area (Å²) in [5, 5.41) is 0. The Labute approximate surface area is 92.7 Å². The first-order valence-electron chi connectivity index (χ1n) is 5.61. The normalized spacial score (nSPS) is 28.3. The zero-order chi connectivity index (χ0) is 10.9. The predicted molar refractivity (Wildman–Crippen MR) is 62.6 cm³/mol. The molecule has 0 heterocycles. The van der Waals surface area contributed by atoms with Gasteiger partial charge in [-0.05, 0) is 30.6 Å². The van der Waals surface area contributed by atoms with Crippen molar-refractivity contribution in [2.45, 2.75) is 53.0 Å². The largest absolute Gasteiger partial charge is 0.412 e. The van der Waals surface area contributed by atoms with Crippen molar-refractivity contribution in [2.24, 2.45) is 23.0 Å². The Balaban J connectivity index is 0.00000196. The molecule has 0 amide bonds. The number of Topliss-reactive ketones (excluding diaryl/α,β-unsaturated/α-hetero) is 1. The fraction of sp³-hybridized carbons (Fsp3) is 0.917.